The lowest BCUT2D eigenvalue weighted by molar-refractivity contribution is -0.143. The maximum atomic E-state index is 14.2. The van der Waals surface area contributed by atoms with Crippen LogP contribution in [0.25, 0.3) is 17.1 Å². The van der Waals surface area contributed by atoms with E-state index in [1.165, 1.54) is 12.4 Å². The summed E-state index contributed by atoms with van der Waals surface area (Å²) in [6.07, 6.45) is 5.50. The molecular formula is C38H36Cl6N8O8. The van der Waals surface area contributed by atoms with Crippen LogP contribution in [0.15, 0.2) is 53.0 Å². The molecule has 60 heavy (non-hydrogen) atoms. The highest BCUT2D eigenvalue weighted by atomic mass is 35.5. The van der Waals surface area contributed by atoms with Gasteiger partial charge < -0.3 is 35.3 Å². The molecule has 0 aliphatic rings. The van der Waals surface area contributed by atoms with Gasteiger partial charge in [-0.25, -0.2) is 11.1 Å². The maximum absolute atomic E-state index is 14.2. The Bertz CT molecular complexity index is 2230. The van der Waals surface area contributed by atoms with Crippen molar-refractivity contribution < 1.29 is 38.9 Å². The number of ether oxygens (including phenoxy) is 2. The molecule has 22 heteroatoms. The van der Waals surface area contributed by atoms with Crippen LogP contribution in [-0.2, 0) is 19.1 Å². The van der Waals surface area contributed by atoms with Gasteiger partial charge in [0, 0.05) is 23.5 Å². The Kier molecular flexibility index (Phi) is 17.4. The third-order valence-electron chi connectivity index (χ3n) is 8.40. The second kappa shape index (κ2) is 21.9. The SMILES string of the molecule is CCCCOC(=O)CN/C=C(\N=N)c1cc(O)c(C(=O)c2[nH]c(Cl)c(Cl)c2-n2c(C(=O)c3cc(Cl)c(/C(=C/NCC(=O)OCCCC)N=N)cc3O)cc(Cl)c2Cl)cc1Cl. The molecular weight excluding hydrogens is 909 g/mol. The lowest BCUT2D eigenvalue weighted by Gasteiger charge is -2.14. The van der Waals surface area contributed by atoms with Gasteiger partial charge in [-0.05, 0) is 43.2 Å². The van der Waals surface area contributed by atoms with Gasteiger partial charge in [-0.15, -0.1) is 0 Å². The number of H-pyrrole nitrogens is 1. The summed E-state index contributed by atoms with van der Waals surface area (Å²) >= 11 is 39.1. The fourth-order valence-electron chi connectivity index (χ4n) is 5.37. The number of nitrogens with zero attached hydrogens (tertiary/aromatic N) is 3. The molecule has 0 fully saturated rings. The van der Waals surface area contributed by atoms with E-state index >= 15 is 0 Å². The molecule has 0 aliphatic heterocycles. The molecule has 16 nitrogen and oxygen atoms in total. The van der Waals surface area contributed by atoms with Crippen LogP contribution >= 0.6 is 69.6 Å². The number of esters is 2. The number of halogens is 6. The molecule has 0 amide bonds. The molecule has 0 spiro atoms. The van der Waals surface area contributed by atoms with Crippen molar-refractivity contribution in [3.8, 4) is 17.2 Å². The maximum Gasteiger partial charge on any atom is 0.325 e. The number of carbonyl (C=O) groups is 4. The topological polar surface area (TPSA) is 244 Å². The van der Waals surface area contributed by atoms with Crippen molar-refractivity contribution in [2.24, 2.45) is 10.2 Å². The van der Waals surface area contributed by atoms with E-state index in [1.807, 2.05) is 13.8 Å². The van der Waals surface area contributed by atoms with E-state index < -0.39 is 35.0 Å². The number of hydrogen-bond acceptors (Lipinski definition) is 14. The number of phenols is 2. The van der Waals surface area contributed by atoms with Crippen molar-refractivity contribution in [1.82, 2.24) is 20.2 Å². The molecule has 7 N–H and O–H groups in total. The van der Waals surface area contributed by atoms with Crippen LogP contribution in [0, 0.1) is 11.1 Å². The smallest absolute Gasteiger partial charge is 0.325 e. The summed E-state index contributed by atoms with van der Waals surface area (Å²) in [6.45, 7) is 3.92. The van der Waals surface area contributed by atoms with Gasteiger partial charge in [0.05, 0.1) is 50.8 Å². The standard InChI is InChI=1S/C38H36Cl6N8O8/c1-3-5-7-59-30(55)16-47-14-25(50-45)18-11-28(53)20(9-22(18)39)35(57)27-13-24(41)38(44)52(27)34-32(42)37(43)49-33(34)36(58)21-10-23(40)19(12-29(21)54)26(51-46)15-48-17-31(56)60-8-6-4-2/h9-15,45-49,53-54H,3-8,16-17H2,1-2H3/b25-14-,26-15-,50-45?,51-46?. The Hall–Kier alpha value is -5.10. The number of hydrogen-bond donors (Lipinski definition) is 7. The minimum Gasteiger partial charge on any atom is -0.507 e. The van der Waals surface area contributed by atoms with Crippen LogP contribution < -0.4 is 10.6 Å². The Labute approximate surface area is 372 Å². The first-order valence-electron chi connectivity index (χ1n) is 17.8. The van der Waals surface area contributed by atoms with Crippen molar-refractivity contribution in [3.63, 3.8) is 0 Å². The highest BCUT2D eigenvalue weighted by molar-refractivity contribution is 6.45. The monoisotopic (exact) mass is 942 g/mol. The van der Waals surface area contributed by atoms with Gasteiger partial charge in [-0.2, -0.15) is 10.2 Å². The number of unbranched alkanes of at least 4 members (excludes halogenated alkanes) is 2. The van der Waals surface area contributed by atoms with Crippen LogP contribution in [-0.4, -0.2) is 69.6 Å². The van der Waals surface area contributed by atoms with Gasteiger partial charge >= 0.3 is 11.9 Å². The molecule has 2 aromatic heterocycles. The fourth-order valence-corrected chi connectivity index (χ4v) is 6.72. The zero-order valence-corrected chi connectivity index (χ0v) is 36.2. The second-order valence-electron chi connectivity index (χ2n) is 12.5. The third kappa shape index (κ3) is 11.2. The summed E-state index contributed by atoms with van der Waals surface area (Å²) in [7, 11) is 0. The Morgan fingerprint density at radius 2 is 1.18 bits per heavy atom. The van der Waals surface area contributed by atoms with E-state index in [-0.39, 0.29) is 107 Å². The Morgan fingerprint density at radius 1 is 0.717 bits per heavy atom. The highest BCUT2D eigenvalue weighted by Crippen LogP contribution is 2.42. The fraction of sp³-hybridized carbons (Fsp3) is 0.263. The molecule has 0 saturated heterocycles. The lowest BCUT2D eigenvalue weighted by atomic mass is 10.0. The van der Waals surface area contributed by atoms with Gasteiger partial charge in [0.15, 0.2) is 0 Å². The normalized spacial score (nSPS) is 11.6. The van der Waals surface area contributed by atoms with E-state index in [9.17, 15) is 29.4 Å². The van der Waals surface area contributed by atoms with Gasteiger partial charge in [-0.3, -0.25) is 23.7 Å². The molecule has 0 atom stereocenters. The van der Waals surface area contributed by atoms with E-state index in [0.29, 0.717) is 12.8 Å². The number of ketones is 2. The van der Waals surface area contributed by atoms with Crippen molar-refractivity contribution in [2.45, 2.75) is 39.5 Å². The molecule has 0 radical (unpaired) electrons. The van der Waals surface area contributed by atoms with E-state index in [2.05, 4.69) is 25.8 Å². The van der Waals surface area contributed by atoms with Gasteiger partial charge in [0.2, 0.25) is 11.6 Å². The van der Waals surface area contributed by atoms with Crippen molar-refractivity contribution >= 4 is 105 Å². The van der Waals surface area contributed by atoms with Crippen molar-refractivity contribution in [3.05, 3.63) is 107 Å². The number of benzene rings is 2. The summed E-state index contributed by atoms with van der Waals surface area (Å²) < 4.78 is 11.2. The number of carbonyl (C=O) groups excluding carboxylic acids is 4. The Morgan fingerprint density at radius 3 is 1.63 bits per heavy atom. The molecule has 0 bridgehead atoms. The minimum absolute atomic E-state index is 0.0192. The molecule has 2 aromatic carbocycles. The summed E-state index contributed by atoms with van der Waals surface area (Å²) in [6, 6.07) is 5.50. The van der Waals surface area contributed by atoms with Crippen LogP contribution in [0.2, 0.25) is 30.4 Å². The number of phenolic OH excluding ortho intramolecular Hbond substituents is 2. The Balaban J connectivity index is 1.69. The number of aromatic amines is 1. The number of aromatic hydroxyl groups is 2. The molecule has 0 saturated carbocycles. The molecule has 0 unspecified atom stereocenters. The molecule has 0 aliphatic carbocycles. The van der Waals surface area contributed by atoms with Gasteiger partial charge in [0.25, 0.3) is 0 Å². The van der Waals surface area contributed by atoms with E-state index in [0.717, 1.165) is 47.7 Å². The molecule has 2 heterocycles. The predicted octanol–water partition coefficient (Wildman–Crippen LogP) is 10.1. The van der Waals surface area contributed by atoms with Crippen LogP contribution in [0.5, 0.6) is 11.5 Å². The quantitative estimate of drug-likeness (QED) is 0.0180. The minimum atomic E-state index is -0.943. The van der Waals surface area contributed by atoms with E-state index in [1.54, 1.807) is 0 Å². The first kappa shape index (κ1) is 47.6. The molecule has 4 rings (SSSR count). The highest BCUT2D eigenvalue weighted by Gasteiger charge is 2.32. The first-order chi connectivity index (χ1) is 28.6. The average Bonchev–Trinajstić information content (AvgIpc) is 3.68. The lowest BCUT2D eigenvalue weighted by Crippen LogP contribution is -2.21. The van der Waals surface area contributed by atoms with Crippen molar-refractivity contribution in [1.29, 1.82) is 11.1 Å². The summed E-state index contributed by atoms with van der Waals surface area (Å²) in [5.41, 5.74) is 13.3. The molecule has 4 aromatic rings. The number of nitrogens with one attached hydrogen (secondary N) is 5. The third-order valence-corrected chi connectivity index (χ3v) is 10.5. The van der Waals surface area contributed by atoms with Crippen LogP contribution in [0.3, 0.4) is 0 Å². The van der Waals surface area contributed by atoms with E-state index in [4.69, 9.17) is 90.1 Å². The summed E-state index contributed by atoms with van der Waals surface area (Å²) in [5.74, 6) is -4.18. The molecule has 318 valence electrons. The van der Waals surface area contributed by atoms with Crippen LogP contribution in [0.1, 0.15) is 82.8 Å². The first-order valence-corrected chi connectivity index (χ1v) is 20.1. The van der Waals surface area contributed by atoms with Gasteiger partial charge in [-0.1, -0.05) is 96.3 Å². The largest absolute Gasteiger partial charge is 0.507 e. The number of rotatable bonds is 21. The zero-order chi connectivity index (χ0) is 44.3. The van der Waals surface area contributed by atoms with Gasteiger partial charge in [0.1, 0.15) is 57.0 Å². The summed E-state index contributed by atoms with van der Waals surface area (Å²) in [4.78, 5) is 54.9. The second-order valence-corrected chi connectivity index (χ2v) is 14.9. The number of aromatic nitrogens is 2. The summed E-state index contributed by atoms with van der Waals surface area (Å²) in [5, 5.41) is 33.0. The van der Waals surface area contributed by atoms with Crippen molar-refractivity contribution in [2.75, 3.05) is 26.3 Å². The zero-order valence-electron chi connectivity index (χ0n) is 31.7. The predicted molar refractivity (Wildman–Crippen MR) is 227 cm³/mol. The van der Waals surface area contributed by atoms with Crippen LogP contribution in [0.4, 0.5) is 0 Å². The average molecular weight is 945 g/mol.